The molecular weight excluding hydrogens is 356 g/mol. The zero-order valence-corrected chi connectivity index (χ0v) is 15.4. The number of fused-ring (bicyclic) bond motifs is 5. The van der Waals surface area contributed by atoms with Crippen LogP contribution in [-0.2, 0) is 9.47 Å². The number of pyridine rings is 2. The van der Waals surface area contributed by atoms with E-state index in [1.54, 1.807) is 36.7 Å². The van der Waals surface area contributed by atoms with Gasteiger partial charge >= 0.3 is 11.9 Å². The fourth-order valence-electron chi connectivity index (χ4n) is 5.65. The number of hydrogen-bond donors (Lipinski definition) is 0. The van der Waals surface area contributed by atoms with Crippen molar-refractivity contribution in [3.05, 3.63) is 60.2 Å². The van der Waals surface area contributed by atoms with Gasteiger partial charge in [-0.15, -0.1) is 0 Å². The minimum absolute atomic E-state index is 0.268. The Kier molecular flexibility index (Phi) is 4.34. The second kappa shape index (κ2) is 7.00. The smallest absolute Gasteiger partial charge is 0.340 e. The number of nitrogens with zero attached hydrogens (tertiary/aromatic N) is 2. The zero-order valence-electron chi connectivity index (χ0n) is 15.4. The van der Waals surface area contributed by atoms with E-state index in [4.69, 9.17) is 9.47 Å². The van der Waals surface area contributed by atoms with Crippen LogP contribution in [0.3, 0.4) is 0 Å². The van der Waals surface area contributed by atoms with Crippen LogP contribution in [0.25, 0.3) is 0 Å². The number of carbonyl (C=O) groups excluding carboxylic acids is 2. The van der Waals surface area contributed by atoms with Gasteiger partial charge in [0, 0.05) is 36.6 Å². The Balaban J connectivity index is 1.38. The molecule has 6 nitrogen and oxygen atoms in total. The summed E-state index contributed by atoms with van der Waals surface area (Å²) in [4.78, 5) is 33.3. The predicted octanol–water partition coefficient (Wildman–Crippen LogP) is 3.29. The van der Waals surface area contributed by atoms with Crippen molar-refractivity contribution in [2.45, 2.75) is 37.9 Å². The molecule has 0 saturated heterocycles. The van der Waals surface area contributed by atoms with Gasteiger partial charge in [-0.1, -0.05) is 6.42 Å². The lowest BCUT2D eigenvalue weighted by atomic mass is 9.78. The minimum Gasteiger partial charge on any atom is -0.454 e. The number of carbonyl (C=O) groups is 2. The first-order valence-corrected chi connectivity index (χ1v) is 9.94. The number of rotatable bonds is 4. The van der Waals surface area contributed by atoms with Crippen LogP contribution < -0.4 is 0 Å². The standard InChI is InChI=1S/C22H22N2O4/c25-21(13-4-2-8-23-11-13)27-19-17-10-18(16-7-1-6-15(16)17)20(19)28-22(26)14-5-3-9-24-12-14/h2-5,8-9,11-12,15-20H,1,6-7,10H2/t15-,16?,17?,18?,19?,20?/m0/s1. The van der Waals surface area contributed by atoms with E-state index in [1.807, 2.05) is 0 Å². The van der Waals surface area contributed by atoms with Crippen LogP contribution in [0.4, 0.5) is 0 Å². The molecule has 0 amide bonds. The molecule has 2 aromatic heterocycles. The highest BCUT2D eigenvalue weighted by molar-refractivity contribution is 5.90. The van der Waals surface area contributed by atoms with Gasteiger partial charge in [-0.05, 0) is 55.4 Å². The summed E-state index contributed by atoms with van der Waals surface area (Å²) in [6, 6.07) is 6.81. The predicted molar refractivity (Wildman–Crippen MR) is 99.3 cm³/mol. The largest absolute Gasteiger partial charge is 0.454 e. The molecule has 0 radical (unpaired) electrons. The molecular formula is C22H22N2O4. The van der Waals surface area contributed by atoms with E-state index in [0.29, 0.717) is 23.0 Å². The topological polar surface area (TPSA) is 78.4 Å². The van der Waals surface area contributed by atoms with Crippen LogP contribution in [0, 0.1) is 23.7 Å². The molecule has 5 unspecified atom stereocenters. The molecule has 6 atom stereocenters. The van der Waals surface area contributed by atoms with Crippen LogP contribution >= 0.6 is 0 Å². The third-order valence-corrected chi connectivity index (χ3v) is 6.72. The SMILES string of the molecule is O=C(OC1C2CC(C1OC(=O)c1cccnc1)[C@H]1CCCC21)c1cccnc1. The highest BCUT2D eigenvalue weighted by Gasteiger charge is 2.62. The number of aromatic nitrogens is 2. The Morgan fingerprint density at radius 1 is 0.786 bits per heavy atom. The maximum Gasteiger partial charge on any atom is 0.340 e. The lowest BCUT2D eigenvalue weighted by Gasteiger charge is -2.37. The van der Waals surface area contributed by atoms with Crippen LogP contribution in [0.2, 0.25) is 0 Å². The maximum atomic E-state index is 12.7. The van der Waals surface area contributed by atoms with E-state index in [2.05, 4.69) is 9.97 Å². The number of hydrogen-bond acceptors (Lipinski definition) is 6. The van der Waals surface area contributed by atoms with Crippen molar-refractivity contribution in [2.24, 2.45) is 23.7 Å². The van der Waals surface area contributed by atoms with Crippen LogP contribution in [0.5, 0.6) is 0 Å². The molecule has 0 N–H and O–H groups in total. The molecule has 2 aromatic rings. The van der Waals surface area contributed by atoms with Gasteiger partial charge in [-0.3, -0.25) is 9.97 Å². The highest BCUT2D eigenvalue weighted by atomic mass is 16.6. The summed E-state index contributed by atoms with van der Waals surface area (Å²) in [5.41, 5.74) is 0.844. The third-order valence-electron chi connectivity index (χ3n) is 6.72. The van der Waals surface area contributed by atoms with E-state index in [0.717, 1.165) is 6.42 Å². The number of ether oxygens (including phenoxy) is 2. The minimum atomic E-state index is -0.400. The normalized spacial score (nSPS) is 32.7. The van der Waals surface area contributed by atoms with E-state index in [-0.39, 0.29) is 11.8 Å². The molecule has 2 heterocycles. The zero-order chi connectivity index (χ0) is 19.1. The van der Waals surface area contributed by atoms with Crippen molar-refractivity contribution in [3.8, 4) is 0 Å². The average molecular weight is 378 g/mol. The summed E-state index contributed by atoms with van der Waals surface area (Å²) in [5, 5.41) is 0. The van der Waals surface area contributed by atoms with Crippen molar-refractivity contribution in [1.29, 1.82) is 0 Å². The van der Waals surface area contributed by atoms with Crippen LogP contribution in [0.1, 0.15) is 46.4 Å². The van der Waals surface area contributed by atoms with Crippen LogP contribution in [-0.4, -0.2) is 34.1 Å². The van der Waals surface area contributed by atoms with Gasteiger partial charge in [0.2, 0.25) is 0 Å². The molecule has 5 rings (SSSR count). The van der Waals surface area contributed by atoms with Crippen molar-refractivity contribution in [2.75, 3.05) is 0 Å². The monoisotopic (exact) mass is 378 g/mol. The molecule has 3 aliphatic carbocycles. The van der Waals surface area contributed by atoms with Crippen molar-refractivity contribution < 1.29 is 19.1 Å². The fourth-order valence-corrected chi connectivity index (χ4v) is 5.65. The van der Waals surface area contributed by atoms with Crippen LogP contribution in [0.15, 0.2) is 49.1 Å². The lowest BCUT2D eigenvalue weighted by Crippen LogP contribution is -2.45. The number of esters is 2. The first kappa shape index (κ1) is 17.3. The second-order valence-corrected chi connectivity index (χ2v) is 8.05. The molecule has 3 saturated carbocycles. The Morgan fingerprint density at radius 3 is 1.71 bits per heavy atom. The molecule has 144 valence electrons. The van der Waals surface area contributed by atoms with Gasteiger partial charge in [-0.25, -0.2) is 9.59 Å². The van der Waals surface area contributed by atoms with Gasteiger partial charge < -0.3 is 9.47 Å². The third kappa shape index (κ3) is 2.87. The Bertz CT molecular complexity index is 801. The van der Waals surface area contributed by atoms with Gasteiger partial charge in [-0.2, -0.15) is 0 Å². The average Bonchev–Trinajstić information content (AvgIpc) is 3.43. The van der Waals surface area contributed by atoms with E-state index in [9.17, 15) is 9.59 Å². The molecule has 2 bridgehead atoms. The van der Waals surface area contributed by atoms with Gasteiger partial charge in [0.25, 0.3) is 0 Å². The van der Waals surface area contributed by atoms with E-state index in [1.165, 1.54) is 31.7 Å². The molecule has 0 aromatic carbocycles. The summed E-state index contributed by atoms with van der Waals surface area (Å²) < 4.78 is 11.8. The molecule has 0 spiro atoms. The van der Waals surface area contributed by atoms with Crippen molar-refractivity contribution in [1.82, 2.24) is 9.97 Å². The highest BCUT2D eigenvalue weighted by Crippen LogP contribution is 2.60. The van der Waals surface area contributed by atoms with Crippen molar-refractivity contribution in [3.63, 3.8) is 0 Å². The van der Waals surface area contributed by atoms with E-state index >= 15 is 0 Å². The van der Waals surface area contributed by atoms with Gasteiger partial charge in [0.1, 0.15) is 12.2 Å². The Labute approximate surface area is 163 Å². The lowest BCUT2D eigenvalue weighted by molar-refractivity contribution is -0.0767. The summed E-state index contributed by atoms with van der Waals surface area (Å²) in [5.74, 6) is 0.884. The summed E-state index contributed by atoms with van der Waals surface area (Å²) in [6.07, 6.45) is 9.99. The Hall–Kier alpha value is -2.76. The van der Waals surface area contributed by atoms with Gasteiger partial charge in [0.15, 0.2) is 0 Å². The molecule has 0 aliphatic heterocycles. The second-order valence-electron chi connectivity index (χ2n) is 8.05. The Morgan fingerprint density at radius 2 is 1.29 bits per heavy atom. The van der Waals surface area contributed by atoms with Crippen molar-refractivity contribution >= 4 is 11.9 Å². The molecule has 3 fully saturated rings. The molecule has 3 aliphatic rings. The van der Waals surface area contributed by atoms with E-state index < -0.39 is 24.1 Å². The molecule has 6 heteroatoms. The molecule has 28 heavy (non-hydrogen) atoms. The summed E-state index contributed by atoms with van der Waals surface area (Å²) in [6.45, 7) is 0. The quantitative estimate of drug-likeness (QED) is 0.760. The first-order valence-electron chi connectivity index (χ1n) is 9.94. The first-order chi connectivity index (χ1) is 13.7. The maximum absolute atomic E-state index is 12.7. The van der Waals surface area contributed by atoms with Gasteiger partial charge in [0.05, 0.1) is 11.1 Å². The summed E-state index contributed by atoms with van der Waals surface area (Å²) >= 11 is 0. The fraction of sp³-hybridized carbons (Fsp3) is 0.455. The summed E-state index contributed by atoms with van der Waals surface area (Å²) in [7, 11) is 0.